The van der Waals surface area contributed by atoms with E-state index in [-0.39, 0.29) is 5.82 Å². The number of hydrogen-bond donors (Lipinski definition) is 2. The van der Waals surface area contributed by atoms with Crippen molar-refractivity contribution in [2.24, 2.45) is 0 Å². The molecule has 0 aromatic heterocycles. The van der Waals surface area contributed by atoms with Crippen molar-refractivity contribution in [1.29, 1.82) is 0 Å². The fourth-order valence-corrected chi connectivity index (χ4v) is 17.5. The van der Waals surface area contributed by atoms with E-state index in [4.69, 9.17) is 13.6 Å². The van der Waals surface area contributed by atoms with Crippen LogP contribution in [0.4, 0.5) is 4.39 Å². The molecule has 5 nitrogen and oxygen atoms in total. The van der Waals surface area contributed by atoms with Crippen LogP contribution in [0.15, 0.2) is 146 Å². The van der Waals surface area contributed by atoms with Crippen molar-refractivity contribution in [3.05, 3.63) is 157 Å². The Hall–Kier alpha value is -3.74. The lowest BCUT2D eigenvalue weighted by molar-refractivity contribution is -0.222. The Morgan fingerprint density at radius 2 is 0.904 bits per heavy atom. The molecule has 5 aromatic rings. The van der Waals surface area contributed by atoms with Crippen molar-refractivity contribution in [3.8, 4) is 0 Å². The first-order chi connectivity index (χ1) is 24.8. The molecule has 0 radical (unpaired) electrons. The Labute approximate surface area is 310 Å². The van der Waals surface area contributed by atoms with E-state index in [0.717, 1.165) is 20.7 Å². The summed E-state index contributed by atoms with van der Waals surface area (Å²) in [6, 6.07) is 47.1. The normalized spacial score (nSPS) is 21.5. The van der Waals surface area contributed by atoms with Gasteiger partial charge in [0.2, 0.25) is 0 Å². The summed E-state index contributed by atoms with van der Waals surface area (Å²) in [4.78, 5) is 0. The minimum Gasteiger partial charge on any atom is -0.399 e. The molecule has 1 aliphatic rings. The minimum atomic E-state index is -3.27. The average Bonchev–Trinajstić information content (AvgIpc) is 3.14. The van der Waals surface area contributed by atoms with Crippen molar-refractivity contribution in [1.82, 2.24) is 0 Å². The molecule has 1 heterocycles. The third kappa shape index (κ3) is 7.01. The summed E-state index contributed by atoms with van der Waals surface area (Å²) in [5.74, 6) is -0.379. The molecular weight excluding hydrogens is 684 g/mol. The van der Waals surface area contributed by atoms with Crippen molar-refractivity contribution >= 4 is 37.4 Å². The van der Waals surface area contributed by atoms with Crippen LogP contribution in [0.5, 0.6) is 0 Å². The van der Waals surface area contributed by atoms with Gasteiger partial charge in [0.05, 0.1) is 6.61 Å². The largest absolute Gasteiger partial charge is 0.399 e. The van der Waals surface area contributed by atoms with Crippen LogP contribution < -0.4 is 20.7 Å². The molecule has 0 amide bonds. The zero-order valence-corrected chi connectivity index (χ0v) is 32.9. The summed E-state index contributed by atoms with van der Waals surface area (Å²) < 4.78 is 36.5. The Bertz CT molecular complexity index is 1780. The second-order valence-corrected chi connectivity index (χ2v) is 24.3. The van der Waals surface area contributed by atoms with Crippen molar-refractivity contribution < 1.29 is 28.2 Å². The Balaban J connectivity index is 1.57. The topological polar surface area (TPSA) is 68.2 Å². The van der Waals surface area contributed by atoms with Crippen LogP contribution in [-0.4, -0.2) is 57.9 Å². The summed E-state index contributed by atoms with van der Waals surface area (Å²) >= 11 is 0. The summed E-state index contributed by atoms with van der Waals surface area (Å²) in [6.07, 6.45) is -4.93. The highest BCUT2D eigenvalue weighted by atomic mass is 28.4. The standard InChI is InChI=1S/C44H51FO5Si2/c1-43(2,3)51(34-19-11-7-12-20-34,35-21-13-8-14-22-35)49-41-38(31-46)48-40(32-27-29-33(45)30-28-32)42(39(41)47)50-52(44(4,5)6,36-23-15-9-16-24-36)37-25-17-10-18-26-37/h7-30,38-42,46-47H,31H2,1-6H3/t38-,39+,40+,41-,42-/m1/s1. The average molecular weight is 735 g/mol. The molecule has 0 bridgehead atoms. The van der Waals surface area contributed by atoms with E-state index in [1.54, 1.807) is 12.1 Å². The third-order valence-corrected chi connectivity index (χ3v) is 20.6. The van der Waals surface area contributed by atoms with Crippen LogP contribution in [0, 0.1) is 5.82 Å². The maximum absolute atomic E-state index is 14.4. The second-order valence-electron chi connectivity index (χ2n) is 15.8. The Morgan fingerprint density at radius 1 is 0.558 bits per heavy atom. The zero-order valence-electron chi connectivity index (χ0n) is 30.9. The Kier molecular flexibility index (Phi) is 11.2. The summed E-state index contributed by atoms with van der Waals surface area (Å²) in [5, 5.41) is 27.4. The number of aliphatic hydroxyl groups is 2. The minimum absolute atomic E-state index is 0.379. The van der Waals surface area contributed by atoms with Gasteiger partial charge in [-0.15, -0.1) is 0 Å². The monoisotopic (exact) mass is 734 g/mol. The maximum atomic E-state index is 14.4. The number of benzene rings is 5. The second kappa shape index (κ2) is 15.3. The van der Waals surface area contributed by atoms with Gasteiger partial charge in [-0.05, 0) is 48.5 Å². The summed E-state index contributed by atoms with van der Waals surface area (Å²) in [7, 11) is -6.51. The lowest BCUT2D eigenvalue weighted by atomic mass is 9.91. The SMILES string of the molecule is CC(C)(C)[Si](O[C@@H]1[C@@H](O)[C@H](O[Si](c2ccccc2)(c2ccccc2)C(C)(C)C)[C@@H](CO)O[C@H]1c1ccc(F)cc1)(c1ccccc1)c1ccccc1. The van der Waals surface area contributed by atoms with E-state index in [2.05, 4.69) is 90.1 Å². The number of rotatable bonds is 10. The molecule has 272 valence electrons. The van der Waals surface area contributed by atoms with Crippen LogP contribution in [-0.2, 0) is 13.6 Å². The molecular formula is C44H51FO5Si2. The number of halogens is 1. The molecule has 1 aliphatic heterocycles. The van der Waals surface area contributed by atoms with E-state index >= 15 is 0 Å². The predicted octanol–water partition coefficient (Wildman–Crippen LogP) is 6.51. The molecule has 5 aromatic carbocycles. The molecule has 0 saturated carbocycles. The van der Waals surface area contributed by atoms with Crippen LogP contribution in [0.3, 0.4) is 0 Å². The molecule has 0 unspecified atom stereocenters. The maximum Gasteiger partial charge on any atom is 0.261 e. The van der Waals surface area contributed by atoms with Crippen molar-refractivity contribution in [3.63, 3.8) is 0 Å². The molecule has 1 saturated heterocycles. The molecule has 0 aliphatic carbocycles. The van der Waals surface area contributed by atoms with Gasteiger partial charge in [0.1, 0.15) is 36.3 Å². The zero-order chi connectivity index (χ0) is 37.1. The van der Waals surface area contributed by atoms with Gasteiger partial charge < -0.3 is 23.8 Å². The van der Waals surface area contributed by atoms with Crippen LogP contribution in [0.1, 0.15) is 53.2 Å². The van der Waals surface area contributed by atoms with Gasteiger partial charge in [0.15, 0.2) is 0 Å². The van der Waals surface area contributed by atoms with Crippen LogP contribution in [0.2, 0.25) is 10.1 Å². The van der Waals surface area contributed by atoms with Gasteiger partial charge in [0.25, 0.3) is 16.6 Å². The molecule has 0 spiro atoms. The molecule has 8 heteroatoms. The van der Waals surface area contributed by atoms with E-state index in [9.17, 15) is 14.6 Å². The van der Waals surface area contributed by atoms with Gasteiger partial charge in [-0.2, -0.15) is 0 Å². The number of hydrogen-bond acceptors (Lipinski definition) is 5. The van der Waals surface area contributed by atoms with Crippen molar-refractivity contribution in [2.45, 2.75) is 82.1 Å². The van der Waals surface area contributed by atoms with E-state index in [1.165, 1.54) is 12.1 Å². The summed E-state index contributed by atoms with van der Waals surface area (Å²) in [6.45, 7) is 12.7. The fourth-order valence-electron chi connectivity index (χ4n) is 8.06. The van der Waals surface area contributed by atoms with E-state index in [1.807, 2.05) is 72.8 Å². The highest BCUT2D eigenvalue weighted by Gasteiger charge is 2.59. The number of aliphatic hydroxyl groups excluding tert-OH is 2. The van der Waals surface area contributed by atoms with Crippen molar-refractivity contribution in [2.75, 3.05) is 6.61 Å². The van der Waals surface area contributed by atoms with Gasteiger partial charge in [-0.3, -0.25) is 0 Å². The first kappa shape index (κ1) is 38.0. The lowest BCUT2D eigenvalue weighted by Crippen LogP contribution is -2.73. The first-order valence-corrected chi connectivity index (χ1v) is 21.9. The number of ether oxygens (including phenoxy) is 1. The Morgan fingerprint density at radius 3 is 1.23 bits per heavy atom. The van der Waals surface area contributed by atoms with Gasteiger partial charge in [-0.25, -0.2) is 4.39 Å². The van der Waals surface area contributed by atoms with E-state index < -0.39 is 63.8 Å². The highest BCUT2D eigenvalue weighted by molar-refractivity contribution is 7.00. The van der Waals surface area contributed by atoms with Gasteiger partial charge in [-0.1, -0.05) is 175 Å². The van der Waals surface area contributed by atoms with Crippen LogP contribution >= 0.6 is 0 Å². The van der Waals surface area contributed by atoms with Gasteiger partial charge in [0, 0.05) is 0 Å². The lowest BCUT2D eigenvalue weighted by Gasteiger charge is -2.53. The molecule has 52 heavy (non-hydrogen) atoms. The van der Waals surface area contributed by atoms with Crippen LogP contribution in [0.25, 0.3) is 0 Å². The molecule has 1 fully saturated rings. The third-order valence-electron chi connectivity index (χ3n) is 10.5. The molecule has 6 rings (SSSR count). The highest BCUT2D eigenvalue weighted by Crippen LogP contribution is 2.45. The molecule has 2 N–H and O–H groups in total. The first-order valence-electron chi connectivity index (χ1n) is 18.1. The fraction of sp³-hybridized carbons (Fsp3) is 0.318. The summed E-state index contributed by atoms with van der Waals surface area (Å²) in [5.41, 5.74) is 0.644. The quantitative estimate of drug-likeness (QED) is 0.160. The van der Waals surface area contributed by atoms with Gasteiger partial charge >= 0.3 is 0 Å². The smallest absolute Gasteiger partial charge is 0.261 e. The predicted molar refractivity (Wildman–Crippen MR) is 212 cm³/mol. The van der Waals surface area contributed by atoms with E-state index in [0.29, 0.717) is 5.56 Å². The molecule has 5 atom stereocenters.